The number of alkyl halides is 3. The molecule has 0 saturated carbocycles. The fraction of sp³-hybridized carbons (Fsp3) is 0.429. The van der Waals surface area contributed by atoms with Crippen molar-refractivity contribution >= 4 is 42.8 Å². The second kappa shape index (κ2) is 12.9. The third kappa shape index (κ3) is 8.27. The Hall–Kier alpha value is -3.02. The number of aliphatic hydroxyl groups is 1. The zero-order valence-electron chi connectivity index (χ0n) is 22.7. The number of methoxy groups -OCH3 is 1. The summed E-state index contributed by atoms with van der Waals surface area (Å²) in [6, 6.07) is 9.61. The number of rotatable bonds is 9. The zero-order chi connectivity index (χ0) is 29.8. The number of halogens is 3. The molecule has 2 heterocycles. The van der Waals surface area contributed by atoms with E-state index in [1.54, 1.807) is 19.1 Å². The Kier molecular flexibility index (Phi) is 9.71. The number of ether oxygens (including phenoxy) is 1. The van der Waals surface area contributed by atoms with Crippen LogP contribution >= 0.6 is 11.3 Å². The van der Waals surface area contributed by atoms with Gasteiger partial charge in [-0.2, -0.15) is 13.2 Å². The number of likely N-dealkylation sites (tertiary alicyclic amines) is 1. The lowest BCUT2D eigenvalue weighted by atomic mass is 10.0. The van der Waals surface area contributed by atoms with E-state index in [0.717, 1.165) is 36.3 Å². The first-order chi connectivity index (χ1) is 19.3. The Balaban J connectivity index is 1.55. The Morgan fingerprint density at radius 3 is 2.59 bits per heavy atom. The lowest BCUT2D eigenvalue weighted by Gasteiger charge is -2.33. The number of primary sulfonamides is 1. The molecular weight excluding hydrogens is 577 g/mol. The lowest BCUT2D eigenvalue weighted by Crippen LogP contribution is -2.41. The van der Waals surface area contributed by atoms with E-state index in [1.807, 2.05) is 6.07 Å². The van der Waals surface area contributed by atoms with Gasteiger partial charge in [-0.25, -0.2) is 13.6 Å². The maximum absolute atomic E-state index is 13.6. The number of sulfonamides is 1. The Morgan fingerprint density at radius 1 is 1.22 bits per heavy atom. The SMILES string of the molecule is COc1cc(S(N)(=O)=O)ccc1NCC#Cc1sc2c(NC3CCN(CC(C)O)CC3)cccc2c1CC(F)(F)F. The van der Waals surface area contributed by atoms with Crippen molar-refractivity contribution in [2.24, 2.45) is 5.14 Å². The second-order valence-electron chi connectivity index (χ2n) is 10.0. The number of thiophene rings is 1. The van der Waals surface area contributed by atoms with Crippen molar-refractivity contribution < 1.29 is 31.4 Å². The number of hydrogen-bond donors (Lipinski definition) is 4. The van der Waals surface area contributed by atoms with E-state index in [9.17, 15) is 26.7 Å². The highest BCUT2D eigenvalue weighted by atomic mass is 32.2. The number of β-amino-alcohol motifs (C(OH)–C–C–N with tert-alkyl or cyclic N) is 1. The molecule has 0 spiro atoms. The zero-order valence-corrected chi connectivity index (χ0v) is 24.3. The third-order valence-corrected chi connectivity index (χ3v) is 8.84. The molecule has 1 saturated heterocycles. The van der Waals surface area contributed by atoms with Gasteiger partial charge in [0.1, 0.15) is 5.75 Å². The fourth-order valence-corrected chi connectivity index (χ4v) is 6.57. The molecule has 222 valence electrons. The molecule has 1 aliphatic rings. The van der Waals surface area contributed by atoms with Gasteiger partial charge in [0, 0.05) is 31.7 Å². The summed E-state index contributed by atoms with van der Waals surface area (Å²) in [7, 11) is -2.53. The van der Waals surface area contributed by atoms with Crippen molar-refractivity contribution in [1.29, 1.82) is 0 Å². The molecule has 1 atom stereocenters. The van der Waals surface area contributed by atoms with Gasteiger partial charge in [-0.1, -0.05) is 24.0 Å². The molecule has 0 radical (unpaired) electrons. The molecule has 0 bridgehead atoms. The van der Waals surface area contributed by atoms with E-state index < -0.39 is 28.7 Å². The van der Waals surface area contributed by atoms with Gasteiger partial charge in [0.2, 0.25) is 10.0 Å². The van der Waals surface area contributed by atoms with Crippen LogP contribution in [0.2, 0.25) is 0 Å². The van der Waals surface area contributed by atoms with Crippen LogP contribution in [0.15, 0.2) is 41.3 Å². The van der Waals surface area contributed by atoms with Crippen molar-refractivity contribution in [2.75, 3.05) is 43.9 Å². The maximum Gasteiger partial charge on any atom is 0.393 e. The largest absolute Gasteiger partial charge is 0.495 e. The average molecular weight is 611 g/mol. The highest BCUT2D eigenvalue weighted by Gasteiger charge is 2.31. The van der Waals surface area contributed by atoms with Crippen LogP contribution in [0.3, 0.4) is 0 Å². The molecule has 3 aromatic rings. The predicted octanol–water partition coefficient (Wildman–Crippen LogP) is 4.38. The molecule has 1 unspecified atom stereocenters. The number of nitrogens with zero attached hydrogens (tertiary/aromatic N) is 1. The van der Waals surface area contributed by atoms with E-state index in [-0.39, 0.29) is 28.8 Å². The van der Waals surface area contributed by atoms with Crippen molar-refractivity contribution in [3.05, 3.63) is 46.8 Å². The van der Waals surface area contributed by atoms with Crippen LogP contribution in [0.4, 0.5) is 24.5 Å². The summed E-state index contributed by atoms with van der Waals surface area (Å²) in [6.45, 7) is 4.14. The number of anilines is 2. The maximum atomic E-state index is 13.6. The monoisotopic (exact) mass is 610 g/mol. The summed E-state index contributed by atoms with van der Waals surface area (Å²) in [5.74, 6) is 6.05. The quantitative estimate of drug-likeness (QED) is 0.266. The summed E-state index contributed by atoms with van der Waals surface area (Å²) in [6.07, 6.45) is -4.15. The first-order valence-corrected chi connectivity index (χ1v) is 15.4. The molecule has 1 aliphatic heterocycles. The molecule has 5 N–H and O–H groups in total. The molecule has 41 heavy (non-hydrogen) atoms. The summed E-state index contributed by atoms with van der Waals surface area (Å²) < 4.78 is 69.9. The van der Waals surface area contributed by atoms with Crippen molar-refractivity contribution in [3.8, 4) is 17.6 Å². The summed E-state index contributed by atoms with van der Waals surface area (Å²) in [5.41, 5.74) is 1.40. The molecule has 0 aliphatic carbocycles. The van der Waals surface area contributed by atoms with E-state index in [2.05, 4.69) is 27.4 Å². The molecule has 13 heteroatoms. The van der Waals surface area contributed by atoms with E-state index in [4.69, 9.17) is 9.88 Å². The Labute approximate surface area is 241 Å². The van der Waals surface area contributed by atoms with Gasteiger partial charge in [0.25, 0.3) is 0 Å². The third-order valence-electron chi connectivity index (χ3n) is 6.74. The van der Waals surface area contributed by atoms with Gasteiger partial charge in [0.15, 0.2) is 0 Å². The van der Waals surface area contributed by atoms with E-state index >= 15 is 0 Å². The van der Waals surface area contributed by atoms with Crippen molar-refractivity contribution in [2.45, 2.75) is 49.4 Å². The number of hydrogen-bond acceptors (Lipinski definition) is 8. The number of piperidine rings is 1. The Bertz CT molecular complexity index is 1540. The summed E-state index contributed by atoms with van der Waals surface area (Å²) in [5, 5.41) is 21.9. The number of benzene rings is 2. The van der Waals surface area contributed by atoms with Crippen LogP contribution < -0.4 is 20.5 Å². The van der Waals surface area contributed by atoms with Crippen LogP contribution in [0.1, 0.15) is 30.2 Å². The van der Waals surface area contributed by atoms with E-state index in [0.29, 0.717) is 22.5 Å². The van der Waals surface area contributed by atoms with Crippen LogP contribution in [0.25, 0.3) is 10.1 Å². The van der Waals surface area contributed by atoms with Crippen LogP contribution in [0, 0.1) is 11.8 Å². The summed E-state index contributed by atoms with van der Waals surface area (Å²) in [4.78, 5) is 2.45. The van der Waals surface area contributed by atoms with Crippen LogP contribution in [-0.4, -0.2) is 70.0 Å². The highest BCUT2D eigenvalue weighted by molar-refractivity contribution is 7.89. The van der Waals surface area contributed by atoms with Gasteiger partial charge < -0.3 is 25.4 Å². The van der Waals surface area contributed by atoms with Gasteiger partial charge >= 0.3 is 6.18 Å². The molecule has 4 rings (SSSR count). The minimum Gasteiger partial charge on any atom is -0.495 e. The van der Waals surface area contributed by atoms with E-state index in [1.165, 1.54) is 36.6 Å². The molecule has 1 aromatic heterocycles. The number of nitrogens with two attached hydrogens (primary N) is 1. The van der Waals surface area contributed by atoms with Gasteiger partial charge in [-0.15, -0.1) is 11.3 Å². The van der Waals surface area contributed by atoms with Gasteiger partial charge in [-0.3, -0.25) is 0 Å². The molecule has 0 amide bonds. The van der Waals surface area contributed by atoms with Crippen LogP contribution in [-0.2, 0) is 16.4 Å². The van der Waals surface area contributed by atoms with Gasteiger partial charge in [-0.05, 0) is 48.9 Å². The number of fused-ring (bicyclic) bond motifs is 1. The van der Waals surface area contributed by atoms with Crippen molar-refractivity contribution in [1.82, 2.24) is 4.90 Å². The molecule has 8 nitrogen and oxygen atoms in total. The first kappa shape index (κ1) is 30.9. The topological polar surface area (TPSA) is 117 Å². The lowest BCUT2D eigenvalue weighted by molar-refractivity contribution is -0.126. The standard InChI is InChI=1S/C28H33F3N4O4S2/c1-18(36)17-35-13-10-19(11-14-35)34-24-6-3-5-21-22(16-28(29,30)31)26(40-27(21)24)7-4-12-33-23-9-8-20(41(32,37)38)15-25(23)39-2/h3,5-6,8-9,15,18-19,33-34,36H,10-14,16-17H2,1-2H3,(H2,32,37,38). The molecular formula is C28H33F3N4O4S2. The minimum atomic E-state index is -4.40. The fourth-order valence-electron chi connectivity index (χ4n) is 4.87. The molecule has 2 aromatic carbocycles. The van der Waals surface area contributed by atoms with Crippen LogP contribution in [0.5, 0.6) is 5.75 Å². The van der Waals surface area contributed by atoms with Gasteiger partial charge in [0.05, 0.1) is 52.0 Å². The smallest absolute Gasteiger partial charge is 0.393 e. The minimum absolute atomic E-state index is 0.0842. The summed E-state index contributed by atoms with van der Waals surface area (Å²) >= 11 is 1.23. The highest BCUT2D eigenvalue weighted by Crippen LogP contribution is 2.39. The first-order valence-electron chi connectivity index (χ1n) is 13.1. The van der Waals surface area contributed by atoms with Crippen molar-refractivity contribution in [3.63, 3.8) is 0 Å². The average Bonchev–Trinajstić information content (AvgIpc) is 3.23. The second-order valence-corrected chi connectivity index (χ2v) is 12.6. The number of aliphatic hydroxyl groups excluding tert-OH is 1. The molecule has 1 fully saturated rings. The number of nitrogens with one attached hydrogen (secondary N) is 2. The Morgan fingerprint density at radius 2 is 1.95 bits per heavy atom. The normalized spacial score (nSPS) is 15.8. The predicted molar refractivity (Wildman–Crippen MR) is 156 cm³/mol.